The molecule has 0 aromatic heterocycles. The van der Waals surface area contributed by atoms with Crippen LogP contribution in [0.1, 0.15) is 26.2 Å². The zero-order chi connectivity index (χ0) is 10.0. The quantitative estimate of drug-likeness (QED) is 0.703. The molecule has 0 spiro atoms. The van der Waals surface area contributed by atoms with Gasteiger partial charge in [-0.2, -0.15) is 0 Å². The summed E-state index contributed by atoms with van der Waals surface area (Å²) in [5.41, 5.74) is 0.350. The molecular weight excluding hydrogens is 178 g/mol. The van der Waals surface area contributed by atoms with E-state index in [0.29, 0.717) is 24.0 Å². The van der Waals surface area contributed by atoms with Crippen LogP contribution in [0.5, 0.6) is 0 Å². The van der Waals surface area contributed by atoms with Crippen molar-refractivity contribution in [3.05, 3.63) is 0 Å². The van der Waals surface area contributed by atoms with Crippen molar-refractivity contribution < 1.29 is 9.84 Å². The molecule has 3 heteroatoms. The van der Waals surface area contributed by atoms with Crippen molar-refractivity contribution in [3.8, 4) is 0 Å². The summed E-state index contributed by atoms with van der Waals surface area (Å²) in [6.45, 7) is 5.40. The van der Waals surface area contributed by atoms with E-state index in [-0.39, 0.29) is 0 Å². The van der Waals surface area contributed by atoms with E-state index in [9.17, 15) is 5.11 Å². The summed E-state index contributed by atoms with van der Waals surface area (Å²) >= 11 is 0. The van der Waals surface area contributed by atoms with Crippen molar-refractivity contribution in [1.29, 1.82) is 0 Å². The normalized spacial score (nSPS) is 35.6. The molecule has 14 heavy (non-hydrogen) atoms. The molecule has 2 unspecified atom stereocenters. The molecule has 2 fully saturated rings. The fourth-order valence-electron chi connectivity index (χ4n) is 2.45. The Kier molecular flexibility index (Phi) is 3.10. The van der Waals surface area contributed by atoms with Gasteiger partial charge in [-0.15, -0.1) is 0 Å². The van der Waals surface area contributed by atoms with Gasteiger partial charge in [0.15, 0.2) is 0 Å². The zero-order valence-corrected chi connectivity index (χ0v) is 8.96. The standard InChI is InChI=1S/C11H21NO2/c1-11(7-14-8-11)6-12-10-4-2-3-9(10)5-13/h9-10,12-13H,2-8H2,1H3. The summed E-state index contributed by atoms with van der Waals surface area (Å²) in [5, 5.41) is 12.8. The van der Waals surface area contributed by atoms with E-state index in [1.807, 2.05) is 0 Å². The van der Waals surface area contributed by atoms with Crippen LogP contribution < -0.4 is 5.32 Å². The first-order valence-corrected chi connectivity index (χ1v) is 5.65. The van der Waals surface area contributed by atoms with E-state index in [0.717, 1.165) is 19.8 Å². The predicted octanol–water partition coefficient (Wildman–Crippen LogP) is 0.773. The lowest BCUT2D eigenvalue weighted by Crippen LogP contribution is -2.50. The van der Waals surface area contributed by atoms with Gasteiger partial charge in [-0.3, -0.25) is 0 Å². The van der Waals surface area contributed by atoms with Crippen molar-refractivity contribution in [2.45, 2.75) is 32.2 Å². The van der Waals surface area contributed by atoms with Gasteiger partial charge in [0, 0.05) is 24.6 Å². The van der Waals surface area contributed by atoms with Crippen LogP contribution in [0.4, 0.5) is 0 Å². The molecule has 0 radical (unpaired) electrons. The largest absolute Gasteiger partial charge is 0.396 e. The Labute approximate surface area is 85.8 Å². The minimum Gasteiger partial charge on any atom is -0.396 e. The van der Waals surface area contributed by atoms with E-state index in [4.69, 9.17) is 4.74 Å². The Morgan fingerprint density at radius 1 is 1.43 bits per heavy atom. The van der Waals surface area contributed by atoms with Crippen molar-refractivity contribution in [3.63, 3.8) is 0 Å². The molecule has 2 rings (SSSR count). The molecule has 3 nitrogen and oxygen atoms in total. The van der Waals surface area contributed by atoms with Gasteiger partial charge < -0.3 is 15.2 Å². The topological polar surface area (TPSA) is 41.5 Å². The van der Waals surface area contributed by atoms with Crippen LogP contribution in [0.3, 0.4) is 0 Å². The number of ether oxygens (including phenoxy) is 1. The Hall–Kier alpha value is -0.120. The third kappa shape index (κ3) is 2.10. The van der Waals surface area contributed by atoms with Crippen molar-refractivity contribution >= 4 is 0 Å². The second-order valence-corrected chi connectivity index (χ2v) is 5.16. The van der Waals surface area contributed by atoms with Gasteiger partial charge in [0.25, 0.3) is 0 Å². The monoisotopic (exact) mass is 199 g/mol. The van der Waals surface area contributed by atoms with Crippen molar-refractivity contribution in [1.82, 2.24) is 5.32 Å². The van der Waals surface area contributed by atoms with Gasteiger partial charge in [0.2, 0.25) is 0 Å². The third-order valence-corrected chi connectivity index (χ3v) is 3.59. The molecule has 0 bridgehead atoms. The highest BCUT2D eigenvalue weighted by Gasteiger charge is 2.35. The second kappa shape index (κ2) is 4.17. The third-order valence-electron chi connectivity index (χ3n) is 3.59. The highest BCUT2D eigenvalue weighted by atomic mass is 16.5. The molecule has 2 N–H and O–H groups in total. The first-order chi connectivity index (χ1) is 6.73. The minimum absolute atomic E-state index is 0.338. The maximum Gasteiger partial charge on any atom is 0.0554 e. The van der Waals surface area contributed by atoms with Gasteiger partial charge in [-0.05, 0) is 18.8 Å². The summed E-state index contributed by atoms with van der Waals surface area (Å²) < 4.78 is 5.22. The molecular formula is C11H21NO2. The van der Waals surface area contributed by atoms with E-state index >= 15 is 0 Å². The number of hydrogen-bond acceptors (Lipinski definition) is 3. The summed E-state index contributed by atoms with van der Waals surface area (Å²) in [4.78, 5) is 0. The fraction of sp³-hybridized carbons (Fsp3) is 1.00. The number of aliphatic hydroxyl groups is 1. The smallest absolute Gasteiger partial charge is 0.0554 e. The first-order valence-electron chi connectivity index (χ1n) is 5.65. The molecule has 2 aliphatic rings. The minimum atomic E-state index is 0.338. The Balaban J connectivity index is 1.74. The molecule has 1 saturated carbocycles. The van der Waals surface area contributed by atoms with Crippen LogP contribution in [0.15, 0.2) is 0 Å². The first kappa shape index (κ1) is 10.4. The molecule has 0 aromatic rings. The lowest BCUT2D eigenvalue weighted by molar-refractivity contribution is -0.100. The average Bonchev–Trinajstić information content (AvgIpc) is 2.58. The van der Waals surface area contributed by atoms with Crippen LogP contribution >= 0.6 is 0 Å². The summed E-state index contributed by atoms with van der Waals surface area (Å²) in [6.07, 6.45) is 3.67. The summed E-state index contributed by atoms with van der Waals surface area (Å²) in [6, 6.07) is 0.539. The van der Waals surface area contributed by atoms with E-state index in [2.05, 4.69) is 12.2 Å². The highest BCUT2D eigenvalue weighted by molar-refractivity contribution is 4.88. The number of hydrogen-bond donors (Lipinski definition) is 2. The van der Waals surface area contributed by atoms with Crippen LogP contribution in [0.25, 0.3) is 0 Å². The number of nitrogens with one attached hydrogen (secondary N) is 1. The molecule has 1 aliphatic carbocycles. The van der Waals surface area contributed by atoms with E-state index in [1.54, 1.807) is 0 Å². The summed E-state index contributed by atoms with van der Waals surface area (Å²) in [7, 11) is 0. The molecule has 1 aliphatic heterocycles. The molecule has 82 valence electrons. The Morgan fingerprint density at radius 2 is 2.21 bits per heavy atom. The zero-order valence-electron chi connectivity index (χ0n) is 8.96. The van der Waals surface area contributed by atoms with Gasteiger partial charge in [-0.1, -0.05) is 13.3 Å². The van der Waals surface area contributed by atoms with Crippen LogP contribution in [0, 0.1) is 11.3 Å². The van der Waals surface area contributed by atoms with Crippen molar-refractivity contribution in [2.75, 3.05) is 26.4 Å². The maximum absolute atomic E-state index is 9.17. The average molecular weight is 199 g/mol. The van der Waals surface area contributed by atoms with Gasteiger partial charge in [0.1, 0.15) is 0 Å². The SMILES string of the molecule is CC1(CNC2CCCC2CO)COC1. The van der Waals surface area contributed by atoms with Crippen LogP contribution in [0.2, 0.25) is 0 Å². The Bertz CT molecular complexity index is 192. The fourth-order valence-corrected chi connectivity index (χ4v) is 2.45. The molecule has 0 amide bonds. The number of aliphatic hydroxyl groups excluding tert-OH is 1. The molecule has 0 aromatic carbocycles. The van der Waals surface area contributed by atoms with Crippen LogP contribution in [-0.4, -0.2) is 37.5 Å². The van der Waals surface area contributed by atoms with Gasteiger partial charge in [-0.25, -0.2) is 0 Å². The van der Waals surface area contributed by atoms with Gasteiger partial charge >= 0.3 is 0 Å². The second-order valence-electron chi connectivity index (χ2n) is 5.16. The lowest BCUT2D eigenvalue weighted by Gasteiger charge is -2.39. The van der Waals surface area contributed by atoms with Gasteiger partial charge in [0.05, 0.1) is 13.2 Å². The molecule has 2 atom stereocenters. The van der Waals surface area contributed by atoms with E-state index < -0.39 is 0 Å². The predicted molar refractivity (Wildman–Crippen MR) is 55.1 cm³/mol. The Morgan fingerprint density at radius 3 is 2.79 bits per heavy atom. The van der Waals surface area contributed by atoms with Crippen molar-refractivity contribution in [2.24, 2.45) is 11.3 Å². The van der Waals surface area contributed by atoms with Crippen LogP contribution in [-0.2, 0) is 4.74 Å². The number of rotatable bonds is 4. The summed E-state index contributed by atoms with van der Waals surface area (Å²) in [5.74, 6) is 0.486. The molecule has 1 saturated heterocycles. The maximum atomic E-state index is 9.17. The highest BCUT2D eigenvalue weighted by Crippen LogP contribution is 2.29. The lowest BCUT2D eigenvalue weighted by atomic mass is 9.88. The molecule has 1 heterocycles. The van der Waals surface area contributed by atoms with E-state index in [1.165, 1.54) is 19.3 Å².